The predicted octanol–water partition coefficient (Wildman–Crippen LogP) is 0.953. The van der Waals surface area contributed by atoms with E-state index in [0.717, 1.165) is 32.2 Å². The molecule has 0 aromatic rings. The molecule has 1 aliphatic carbocycles. The molecule has 1 heterocycles. The zero-order valence-electron chi connectivity index (χ0n) is 8.54. The average molecular weight is 217 g/mol. The standard InChI is InChI=1S/C10H19NO2S/c12-14(13,7-9-3-1-4-9)8-10-5-2-6-11-10/h9-11H,1-8H2. The Balaban J connectivity index is 1.81. The summed E-state index contributed by atoms with van der Waals surface area (Å²) in [7, 11) is -2.79. The quantitative estimate of drug-likeness (QED) is 0.762. The van der Waals surface area contributed by atoms with Gasteiger partial charge in [-0.25, -0.2) is 8.42 Å². The molecule has 1 unspecified atom stereocenters. The van der Waals surface area contributed by atoms with Crippen LogP contribution in [0.5, 0.6) is 0 Å². The Kier molecular flexibility index (Phi) is 3.12. The van der Waals surface area contributed by atoms with Crippen LogP contribution in [0.3, 0.4) is 0 Å². The van der Waals surface area contributed by atoms with Crippen LogP contribution < -0.4 is 5.32 Å². The zero-order chi connectivity index (χ0) is 10.0. The van der Waals surface area contributed by atoms with Crippen molar-refractivity contribution in [3.63, 3.8) is 0 Å². The average Bonchev–Trinajstić information content (AvgIpc) is 2.49. The topological polar surface area (TPSA) is 46.2 Å². The van der Waals surface area contributed by atoms with Gasteiger partial charge in [0.1, 0.15) is 0 Å². The predicted molar refractivity (Wildman–Crippen MR) is 57.0 cm³/mol. The van der Waals surface area contributed by atoms with Crippen LogP contribution in [0.4, 0.5) is 0 Å². The number of rotatable bonds is 4. The number of sulfone groups is 1. The molecule has 0 aromatic heterocycles. The molecule has 82 valence electrons. The summed E-state index contributed by atoms with van der Waals surface area (Å²) in [4.78, 5) is 0. The van der Waals surface area contributed by atoms with Gasteiger partial charge in [-0.15, -0.1) is 0 Å². The van der Waals surface area contributed by atoms with Gasteiger partial charge in [-0.2, -0.15) is 0 Å². The monoisotopic (exact) mass is 217 g/mol. The van der Waals surface area contributed by atoms with Crippen molar-refractivity contribution in [2.75, 3.05) is 18.1 Å². The summed E-state index contributed by atoms with van der Waals surface area (Å²) in [6.45, 7) is 0.990. The van der Waals surface area contributed by atoms with Crippen LogP contribution in [-0.2, 0) is 9.84 Å². The molecular formula is C10H19NO2S. The van der Waals surface area contributed by atoms with E-state index in [9.17, 15) is 8.42 Å². The third-order valence-electron chi connectivity index (χ3n) is 3.33. The summed E-state index contributed by atoms with van der Waals surface area (Å²) >= 11 is 0. The van der Waals surface area contributed by atoms with Crippen LogP contribution in [0.2, 0.25) is 0 Å². The minimum Gasteiger partial charge on any atom is -0.313 e. The Bertz CT molecular complexity index is 276. The fraction of sp³-hybridized carbons (Fsp3) is 1.00. The minimum absolute atomic E-state index is 0.236. The van der Waals surface area contributed by atoms with Crippen molar-refractivity contribution < 1.29 is 8.42 Å². The number of hydrogen-bond acceptors (Lipinski definition) is 3. The van der Waals surface area contributed by atoms with E-state index in [1.165, 1.54) is 6.42 Å². The van der Waals surface area contributed by atoms with Crippen molar-refractivity contribution in [3.05, 3.63) is 0 Å². The molecule has 1 N–H and O–H groups in total. The van der Waals surface area contributed by atoms with E-state index in [-0.39, 0.29) is 6.04 Å². The van der Waals surface area contributed by atoms with E-state index >= 15 is 0 Å². The zero-order valence-corrected chi connectivity index (χ0v) is 9.35. The molecule has 3 nitrogen and oxygen atoms in total. The fourth-order valence-electron chi connectivity index (χ4n) is 2.29. The highest BCUT2D eigenvalue weighted by Crippen LogP contribution is 2.28. The second-order valence-electron chi connectivity index (χ2n) is 4.67. The van der Waals surface area contributed by atoms with Crippen LogP contribution in [0.25, 0.3) is 0 Å². The normalized spacial score (nSPS) is 29.0. The Morgan fingerprint density at radius 2 is 1.86 bits per heavy atom. The third kappa shape index (κ3) is 2.70. The molecule has 0 aromatic carbocycles. The van der Waals surface area contributed by atoms with Crippen molar-refractivity contribution in [1.82, 2.24) is 5.32 Å². The van der Waals surface area contributed by atoms with Crippen LogP contribution >= 0.6 is 0 Å². The second kappa shape index (κ2) is 4.19. The first-order valence-corrected chi connectivity index (χ1v) is 7.42. The van der Waals surface area contributed by atoms with Gasteiger partial charge >= 0.3 is 0 Å². The molecule has 0 bridgehead atoms. The Morgan fingerprint density at radius 1 is 1.07 bits per heavy atom. The molecule has 0 amide bonds. The molecule has 2 fully saturated rings. The van der Waals surface area contributed by atoms with Crippen LogP contribution in [0.15, 0.2) is 0 Å². The summed E-state index contributed by atoms with van der Waals surface area (Å²) in [6.07, 6.45) is 5.63. The molecule has 1 saturated heterocycles. The van der Waals surface area contributed by atoms with Crippen molar-refractivity contribution in [2.24, 2.45) is 5.92 Å². The lowest BCUT2D eigenvalue weighted by atomic mass is 9.87. The SMILES string of the molecule is O=S(=O)(CC1CCC1)CC1CCCN1. The summed E-state index contributed by atoms with van der Waals surface area (Å²) in [5.74, 6) is 1.27. The first-order valence-electron chi connectivity index (χ1n) is 5.59. The van der Waals surface area contributed by atoms with Gasteiger partial charge in [-0.3, -0.25) is 0 Å². The molecule has 1 aliphatic heterocycles. The largest absolute Gasteiger partial charge is 0.313 e. The molecule has 14 heavy (non-hydrogen) atoms. The van der Waals surface area contributed by atoms with E-state index in [1.54, 1.807) is 0 Å². The highest BCUT2D eigenvalue weighted by Gasteiger charge is 2.27. The van der Waals surface area contributed by atoms with E-state index in [4.69, 9.17) is 0 Å². The maximum Gasteiger partial charge on any atom is 0.152 e. The lowest BCUT2D eigenvalue weighted by Gasteiger charge is -2.25. The van der Waals surface area contributed by atoms with Gasteiger partial charge in [0.15, 0.2) is 9.84 Å². The molecule has 2 rings (SSSR count). The highest BCUT2D eigenvalue weighted by molar-refractivity contribution is 7.91. The van der Waals surface area contributed by atoms with Gasteiger partial charge in [0.25, 0.3) is 0 Å². The lowest BCUT2D eigenvalue weighted by molar-refractivity contribution is 0.347. The second-order valence-corrected chi connectivity index (χ2v) is 6.82. The number of nitrogens with one attached hydrogen (secondary N) is 1. The van der Waals surface area contributed by atoms with Gasteiger partial charge in [0.2, 0.25) is 0 Å². The third-order valence-corrected chi connectivity index (χ3v) is 5.22. The Hall–Kier alpha value is -0.0900. The van der Waals surface area contributed by atoms with Crippen molar-refractivity contribution in [3.8, 4) is 0 Å². The minimum atomic E-state index is -2.79. The van der Waals surface area contributed by atoms with Crippen molar-refractivity contribution in [1.29, 1.82) is 0 Å². The van der Waals surface area contributed by atoms with E-state index in [2.05, 4.69) is 5.32 Å². The molecule has 2 aliphatic rings. The van der Waals surface area contributed by atoms with Crippen LogP contribution in [0, 0.1) is 5.92 Å². The summed E-state index contributed by atoms with van der Waals surface area (Å²) in [5, 5.41) is 3.24. The first kappa shape index (κ1) is 10.4. The van der Waals surface area contributed by atoms with Crippen molar-refractivity contribution >= 4 is 9.84 Å². The molecule has 0 radical (unpaired) electrons. The Morgan fingerprint density at radius 3 is 2.36 bits per heavy atom. The molecule has 1 atom stereocenters. The van der Waals surface area contributed by atoms with E-state index in [1.807, 2.05) is 0 Å². The lowest BCUT2D eigenvalue weighted by Crippen LogP contribution is -2.33. The smallest absolute Gasteiger partial charge is 0.152 e. The molecule has 4 heteroatoms. The fourth-order valence-corrected chi connectivity index (χ4v) is 4.38. The van der Waals surface area contributed by atoms with Crippen LogP contribution in [0.1, 0.15) is 32.1 Å². The van der Waals surface area contributed by atoms with Gasteiger partial charge in [0, 0.05) is 6.04 Å². The summed E-state index contributed by atoms with van der Waals surface area (Å²) in [5.41, 5.74) is 0. The van der Waals surface area contributed by atoms with Gasteiger partial charge in [-0.05, 0) is 38.1 Å². The molecule has 1 saturated carbocycles. The Labute approximate surface area is 86.2 Å². The van der Waals surface area contributed by atoms with Gasteiger partial charge in [-0.1, -0.05) is 6.42 Å². The maximum atomic E-state index is 11.7. The van der Waals surface area contributed by atoms with Gasteiger partial charge in [0.05, 0.1) is 11.5 Å². The summed E-state index contributed by atoms with van der Waals surface area (Å²) in [6, 6.07) is 0.236. The molecular weight excluding hydrogens is 198 g/mol. The maximum absolute atomic E-state index is 11.7. The van der Waals surface area contributed by atoms with Crippen LogP contribution in [-0.4, -0.2) is 32.5 Å². The first-order chi connectivity index (χ1) is 6.66. The highest BCUT2D eigenvalue weighted by atomic mass is 32.2. The van der Waals surface area contributed by atoms with E-state index in [0.29, 0.717) is 17.4 Å². The van der Waals surface area contributed by atoms with Gasteiger partial charge < -0.3 is 5.32 Å². The van der Waals surface area contributed by atoms with Crippen molar-refractivity contribution in [2.45, 2.75) is 38.1 Å². The van der Waals surface area contributed by atoms with E-state index < -0.39 is 9.84 Å². The number of hydrogen-bond donors (Lipinski definition) is 1. The summed E-state index contributed by atoms with van der Waals surface area (Å²) < 4.78 is 23.5. The molecule has 0 spiro atoms.